The normalized spacial score (nSPS) is 12.7. The molecule has 2 spiro atoms. The molecule has 0 saturated carbocycles. The first kappa shape index (κ1) is 77.1. The van der Waals surface area contributed by atoms with Gasteiger partial charge in [0.15, 0.2) is 0 Å². The minimum Gasteiger partial charge on any atom is -0.310 e. The number of nitrogens with zero attached hydrogens (tertiary/aromatic N) is 6. The van der Waals surface area contributed by atoms with Crippen LogP contribution in [-0.4, -0.2) is 36.6 Å². The Morgan fingerprint density at radius 2 is 0.574 bits per heavy atom. The van der Waals surface area contributed by atoms with Crippen molar-refractivity contribution in [1.29, 1.82) is 0 Å². The predicted molar refractivity (Wildman–Crippen MR) is 454 cm³/mol. The van der Waals surface area contributed by atoms with Crippen molar-refractivity contribution in [2.45, 2.75) is 44.4 Å². The molecule has 2 aliphatic carbocycles. The van der Waals surface area contributed by atoms with Crippen LogP contribution in [0.2, 0.25) is 0 Å². The number of aromatic nitrogens is 6. The van der Waals surface area contributed by atoms with Crippen molar-refractivity contribution in [2.75, 3.05) is 0 Å². The Balaban J connectivity index is 0.000000128. The third kappa shape index (κ3) is 14.5. The van der Waals surface area contributed by atoms with Crippen LogP contribution < -0.4 is 16.6 Å². The van der Waals surface area contributed by atoms with E-state index < -0.39 is 10.8 Å². The Hall–Kier alpha value is -11.8. The fourth-order valence-electron chi connectivity index (χ4n) is 17.3. The molecule has 0 fully saturated rings. The Morgan fingerprint density at radius 1 is 0.278 bits per heavy atom. The van der Waals surface area contributed by atoms with Crippen LogP contribution in [0.15, 0.2) is 340 Å². The Labute approximate surface area is 716 Å². The van der Waals surface area contributed by atoms with Crippen LogP contribution in [0.4, 0.5) is 0 Å². The fourth-order valence-corrected chi connectivity index (χ4v) is 17.3. The van der Waals surface area contributed by atoms with E-state index in [9.17, 15) is 0 Å². The summed E-state index contributed by atoms with van der Waals surface area (Å²) in [7, 11) is 0. The molecule has 0 amide bonds. The van der Waals surface area contributed by atoms with Crippen molar-refractivity contribution in [2.24, 2.45) is 0 Å². The van der Waals surface area contributed by atoms with Crippen LogP contribution in [0, 0.1) is 57.2 Å². The monoisotopic (exact) mass is 2010 g/mol. The van der Waals surface area contributed by atoms with E-state index in [0.29, 0.717) is 0 Å². The molecule has 21 rings (SSSR count). The van der Waals surface area contributed by atoms with Crippen molar-refractivity contribution >= 4 is 35.5 Å². The average molecular weight is 2010 g/mol. The van der Waals surface area contributed by atoms with Crippen LogP contribution in [0.3, 0.4) is 0 Å². The number of pyridine rings is 6. The Kier molecular flexibility index (Phi) is 22.4. The maximum absolute atomic E-state index is 5.39. The Morgan fingerprint density at radius 3 is 0.922 bits per heavy atom. The summed E-state index contributed by atoms with van der Waals surface area (Å²) in [6, 6.07) is 139. The topological polar surface area (TPSA) is 77.3 Å². The van der Waals surface area contributed by atoms with E-state index in [1.165, 1.54) is 77.8 Å². The zero-order chi connectivity index (χ0) is 75.1. The van der Waals surface area contributed by atoms with Gasteiger partial charge in [0.1, 0.15) is 10.8 Å². The molecule has 16 bridgehead atoms. The van der Waals surface area contributed by atoms with Crippen molar-refractivity contribution in [3.05, 3.63) is 460 Å². The summed E-state index contributed by atoms with van der Waals surface area (Å²) >= 11 is 0. The minimum absolute atomic E-state index is 0. The van der Waals surface area contributed by atoms with Gasteiger partial charge in [-0.05, 0) is 125 Å². The molecule has 0 N–H and O–H groups in total. The summed E-state index contributed by atoms with van der Waals surface area (Å²) in [5.74, 6) is 0. The number of rotatable bonds is 5. The van der Waals surface area contributed by atoms with Crippen molar-refractivity contribution in [1.82, 2.24) is 29.9 Å². The SMILES string of the molecule is Cc1cc(C)c(B(c2cccc(-c3[c-]cccc3)n2)c2cccc(-c3[c-]cccc3)n2)c(C)c1.[Pt+2].[Pt+2].[Pt+2].[c-]1c2cccc1-c1cccc(n1)C1(c3cccc(n3)-c3[c-]c(ccc3)C=C2)c2ccccc2-c2ccccc21.[c-]1c2cccc1-c1cccc(n1)C1(c3cccc(n3)-c3[c-]c(ccc3)CC2)c2ccccc2-c2ccccc21. The summed E-state index contributed by atoms with van der Waals surface area (Å²) < 4.78 is 0. The molecule has 0 saturated heterocycles. The quantitative estimate of drug-likeness (QED) is 0.126. The largest absolute Gasteiger partial charge is 2.00 e. The number of aryl methyl sites for hydroxylation is 5. The molecule has 554 valence electrons. The van der Waals surface area contributed by atoms with Gasteiger partial charge < -0.3 is 9.97 Å². The predicted octanol–water partition coefficient (Wildman–Crippen LogP) is 21.0. The van der Waals surface area contributed by atoms with Crippen LogP contribution in [0.1, 0.15) is 84.0 Å². The smallest absolute Gasteiger partial charge is 0.310 e. The molecule has 4 aliphatic rings. The fraction of sp³-hybridized carbons (Fsp3) is 0.0667. The van der Waals surface area contributed by atoms with E-state index >= 15 is 0 Å². The van der Waals surface area contributed by atoms with E-state index in [1.54, 1.807) is 0 Å². The van der Waals surface area contributed by atoms with Gasteiger partial charge >= 0.3 is 63.2 Å². The summed E-state index contributed by atoms with van der Waals surface area (Å²) in [6.45, 7) is 6.43. The van der Waals surface area contributed by atoms with Crippen LogP contribution in [-0.2, 0) is 86.9 Å². The molecule has 8 heterocycles. The van der Waals surface area contributed by atoms with Crippen molar-refractivity contribution < 1.29 is 63.2 Å². The van der Waals surface area contributed by atoms with Gasteiger partial charge in [-0.2, -0.15) is 12.2 Å². The van der Waals surface area contributed by atoms with Gasteiger partial charge in [0.05, 0.1) is 22.8 Å². The van der Waals surface area contributed by atoms with Gasteiger partial charge in [-0.25, -0.2) is 0 Å². The van der Waals surface area contributed by atoms with Crippen molar-refractivity contribution in [3.63, 3.8) is 0 Å². The van der Waals surface area contributed by atoms with Gasteiger partial charge in [-0.3, -0.25) is 19.9 Å². The standard InChI is InChI=1S/C37H24N2.C37H22N2.C31H25BN2.3Pt/c2*1-3-15-31-29(13-1)30-14-2-4-16-32(30)37(31)35-19-7-17-33(38-35)27-11-5-9-25(23-27)21-22-26-10-6-12-28(24-26)34-18-8-20-36(37)39-34;1-22-20-23(2)31(24(3)21-22)32(29-18-10-16-27(33-29)25-12-6-4-7-13-25)30-19-11-17-28(34-30)26-14-8-5-9-15-26;;;/h1-20H,21-22H2;1-22H;4-12,14,16-21H,1-3H3;;;/q3*-2;3*+2. The van der Waals surface area contributed by atoms with Gasteiger partial charge in [-0.1, -0.05) is 227 Å². The molecule has 115 heavy (non-hydrogen) atoms. The number of benzene rings is 11. The van der Waals surface area contributed by atoms with Gasteiger partial charge in [0.25, 0.3) is 6.71 Å². The van der Waals surface area contributed by atoms with Gasteiger partial charge in [0, 0.05) is 22.6 Å². The molecule has 0 atom stereocenters. The summed E-state index contributed by atoms with van der Waals surface area (Å²) in [4.78, 5) is 31.8. The van der Waals surface area contributed by atoms with Gasteiger partial charge in [0.2, 0.25) is 0 Å². The second-order valence-corrected chi connectivity index (χ2v) is 29.1. The molecule has 17 aromatic rings. The zero-order valence-electron chi connectivity index (χ0n) is 63.1. The Bertz CT molecular complexity index is 6030. The maximum atomic E-state index is 5.39. The summed E-state index contributed by atoms with van der Waals surface area (Å²) in [6.07, 6.45) is 5.95. The van der Waals surface area contributed by atoms with E-state index in [2.05, 4.69) is 348 Å². The second-order valence-electron chi connectivity index (χ2n) is 29.1. The first-order valence-electron chi connectivity index (χ1n) is 38.2. The molecule has 2 aliphatic heterocycles. The third-order valence-electron chi connectivity index (χ3n) is 22.1. The molecule has 0 unspecified atom stereocenters. The second kappa shape index (κ2) is 33.3. The number of hydrogen-bond donors (Lipinski definition) is 0. The third-order valence-corrected chi connectivity index (χ3v) is 22.1. The molecule has 6 nitrogen and oxygen atoms in total. The zero-order valence-corrected chi connectivity index (χ0v) is 69.9. The number of hydrogen-bond acceptors (Lipinski definition) is 6. The molecular formula is C105H71BN6Pt3. The number of fused-ring (bicyclic) bond motifs is 34. The first-order chi connectivity index (χ1) is 55.2. The van der Waals surface area contributed by atoms with Crippen molar-refractivity contribution in [3.8, 4) is 89.8 Å². The van der Waals surface area contributed by atoms with E-state index in [0.717, 1.165) is 125 Å². The minimum atomic E-state index is -0.674. The summed E-state index contributed by atoms with van der Waals surface area (Å²) in [5.41, 5.74) is 34.9. The van der Waals surface area contributed by atoms with Gasteiger partial charge in [-0.15, -0.1) is 202 Å². The summed E-state index contributed by atoms with van der Waals surface area (Å²) in [5, 5.41) is 0. The molecule has 0 radical (unpaired) electrons. The van der Waals surface area contributed by atoms with Crippen LogP contribution in [0.25, 0.3) is 102 Å². The molecular weight excluding hydrogens is 1940 g/mol. The van der Waals surface area contributed by atoms with E-state index in [4.69, 9.17) is 29.9 Å². The average Bonchev–Trinajstić information content (AvgIpc) is 1.55. The maximum Gasteiger partial charge on any atom is 2.00 e. The molecule has 11 aromatic carbocycles. The molecule has 6 aromatic heterocycles. The molecule has 10 heteroatoms. The first-order valence-corrected chi connectivity index (χ1v) is 38.2. The van der Waals surface area contributed by atoms with Crippen LogP contribution in [0.5, 0.6) is 0 Å². The van der Waals surface area contributed by atoms with E-state index in [-0.39, 0.29) is 69.9 Å². The van der Waals surface area contributed by atoms with E-state index in [1.807, 2.05) is 60.7 Å². The van der Waals surface area contributed by atoms with Crippen LogP contribution >= 0.6 is 0 Å².